The van der Waals surface area contributed by atoms with Crippen molar-refractivity contribution in [1.29, 1.82) is 0 Å². The summed E-state index contributed by atoms with van der Waals surface area (Å²) in [6.07, 6.45) is 1.90. The lowest BCUT2D eigenvalue weighted by Crippen LogP contribution is -2.41. The maximum absolute atomic E-state index is 13.1. The van der Waals surface area contributed by atoms with E-state index < -0.39 is 15.4 Å². The van der Waals surface area contributed by atoms with Gasteiger partial charge < -0.3 is 9.64 Å². The Bertz CT molecular complexity index is 707. The van der Waals surface area contributed by atoms with Crippen LogP contribution in [0.1, 0.15) is 17.9 Å². The molecule has 1 aromatic carbocycles. The summed E-state index contributed by atoms with van der Waals surface area (Å²) < 4.78 is 30.7. The van der Waals surface area contributed by atoms with Crippen molar-refractivity contribution in [3.05, 3.63) is 35.9 Å². The van der Waals surface area contributed by atoms with Gasteiger partial charge in [0.15, 0.2) is 0 Å². The maximum Gasteiger partial charge on any atom is 0.230 e. The average Bonchev–Trinajstić information content (AvgIpc) is 3.10. The number of methoxy groups -OCH3 is 1. The second-order valence-electron chi connectivity index (χ2n) is 6.71. The van der Waals surface area contributed by atoms with E-state index in [-0.39, 0.29) is 18.4 Å². The molecule has 24 heavy (non-hydrogen) atoms. The summed E-state index contributed by atoms with van der Waals surface area (Å²) in [4.78, 5) is 15.0. The molecule has 7 heteroatoms. The van der Waals surface area contributed by atoms with Crippen LogP contribution in [0.2, 0.25) is 0 Å². The topological polar surface area (TPSA) is 66.9 Å². The minimum Gasteiger partial charge on any atom is -0.383 e. The Morgan fingerprint density at radius 3 is 2.62 bits per heavy atom. The Morgan fingerprint density at radius 1 is 1.29 bits per heavy atom. The standard InChI is InChI=1S/C17H24N2O4S/c1-23-11-10-18-9-8-17(16(18)20)13-19(24(2,21)22)12-15(17)14-6-4-3-5-7-14/h3-7,15H,8-13H2,1-2H3/t15-,17+/m0/s1. The molecule has 2 atom stereocenters. The summed E-state index contributed by atoms with van der Waals surface area (Å²) >= 11 is 0. The van der Waals surface area contributed by atoms with Gasteiger partial charge in [0.05, 0.1) is 18.3 Å². The van der Waals surface area contributed by atoms with Crippen molar-refractivity contribution in [2.75, 3.05) is 46.2 Å². The molecule has 6 nitrogen and oxygen atoms in total. The Morgan fingerprint density at radius 2 is 2.00 bits per heavy atom. The van der Waals surface area contributed by atoms with E-state index in [2.05, 4.69) is 0 Å². The lowest BCUT2D eigenvalue weighted by atomic mass is 9.73. The molecule has 1 amide bonds. The summed E-state index contributed by atoms with van der Waals surface area (Å²) in [5, 5.41) is 0. The van der Waals surface area contributed by atoms with Gasteiger partial charge in [-0.3, -0.25) is 4.79 Å². The molecule has 0 N–H and O–H groups in total. The highest BCUT2D eigenvalue weighted by atomic mass is 32.2. The van der Waals surface area contributed by atoms with Crippen LogP contribution >= 0.6 is 0 Å². The second kappa shape index (κ2) is 6.46. The highest BCUT2D eigenvalue weighted by Gasteiger charge is 2.58. The van der Waals surface area contributed by atoms with Crippen LogP contribution in [0.25, 0.3) is 0 Å². The number of hydrogen-bond donors (Lipinski definition) is 0. The number of benzene rings is 1. The van der Waals surface area contributed by atoms with Gasteiger partial charge in [0, 0.05) is 39.2 Å². The van der Waals surface area contributed by atoms with Crippen molar-refractivity contribution in [2.24, 2.45) is 5.41 Å². The quantitative estimate of drug-likeness (QED) is 0.790. The van der Waals surface area contributed by atoms with Gasteiger partial charge in [0.25, 0.3) is 0 Å². The van der Waals surface area contributed by atoms with E-state index in [0.717, 1.165) is 5.56 Å². The smallest absolute Gasteiger partial charge is 0.230 e. The molecule has 0 aliphatic carbocycles. The van der Waals surface area contributed by atoms with Crippen molar-refractivity contribution in [2.45, 2.75) is 12.3 Å². The molecule has 1 aromatic rings. The lowest BCUT2D eigenvalue weighted by Gasteiger charge is -2.29. The van der Waals surface area contributed by atoms with Gasteiger partial charge in [-0.05, 0) is 12.0 Å². The fourth-order valence-corrected chi connectivity index (χ4v) is 4.86. The Hall–Kier alpha value is -1.44. The average molecular weight is 352 g/mol. The zero-order chi connectivity index (χ0) is 17.4. The first kappa shape index (κ1) is 17.4. The molecule has 2 saturated heterocycles. The van der Waals surface area contributed by atoms with Gasteiger partial charge in [-0.2, -0.15) is 0 Å². The Labute approximate surface area is 143 Å². The predicted molar refractivity (Wildman–Crippen MR) is 91.1 cm³/mol. The molecule has 1 spiro atoms. The molecule has 0 saturated carbocycles. The van der Waals surface area contributed by atoms with E-state index in [1.54, 1.807) is 7.11 Å². The van der Waals surface area contributed by atoms with Crippen molar-refractivity contribution >= 4 is 15.9 Å². The molecule has 2 aliphatic rings. The molecular formula is C17H24N2O4S. The highest BCUT2D eigenvalue weighted by molar-refractivity contribution is 7.88. The first-order valence-corrected chi connectivity index (χ1v) is 10.0. The van der Waals surface area contributed by atoms with Gasteiger partial charge in [0.2, 0.25) is 15.9 Å². The Kier molecular flexibility index (Phi) is 4.68. The second-order valence-corrected chi connectivity index (χ2v) is 8.69. The maximum atomic E-state index is 13.1. The third-order valence-electron chi connectivity index (χ3n) is 5.29. The zero-order valence-electron chi connectivity index (χ0n) is 14.1. The minimum atomic E-state index is -3.33. The number of nitrogens with zero attached hydrogens (tertiary/aromatic N) is 2. The molecule has 3 rings (SSSR count). The molecule has 0 bridgehead atoms. The monoisotopic (exact) mass is 352 g/mol. The largest absolute Gasteiger partial charge is 0.383 e. The SMILES string of the molecule is COCCN1CC[C@]2(CN(S(C)(=O)=O)C[C@H]2c2ccccc2)C1=O. The summed E-state index contributed by atoms with van der Waals surface area (Å²) in [6, 6.07) is 9.79. The number of carbonyl (C=O) groups is 1. The number of sulfonamides is 1. The van der Waals surface area contributed by atoms with Gasteiger partial charge in [-0.25, -0.2) is 12.7 Å². The summed E-state index contributed by atoms with van der Waals surface area (Å²) in [5.41, 5.74) is 0.378. The first-order chi connectivity index (χ1) is 11.4. The summed E-state index contributed by atoms with van der Waals surface area (Å²) in [6.45, 7) is 2.34. The van der Waals surface area contributed by atoms with E-state index in [9.17, 15) is 13.2 Å². The van der Waals surface area contributed by atoms with Gasteiger partial charge in [0.1, 0.15) is 0 Å². The summed E-state index contributed by atoms with van der Waals surface area (Å²) in [5.74, 6) is -0.0481. The van der Waals surface area contributed by atoms with Crippen LogP contribution in [0.5, 0.6) is 0 Å². The van der Waals surface area contributed by atoms with Crippen LogP contribution in [0.4, 0.5) is 0 Å². The number of likely N-dealkylation sites (tertiary alicyclic amines) is 1. The van der Waals surface area contributed by atoms with Crippen molar-refractivity contribution in [1.82, 2.24) is 9.21 Å². The molecular weight excluding hydrogens is 328 g/mol. The van der Waals surface area contributed by atoms with Crippen LogP contribution < -0.4 is 0 Å². The van der Waals surface area contributed by atoms with Crippen molar-refractivity contribution in [3.8, 4) is 0 Å². The van der Waals surface area contributed by atoms with Crippen LogP contribution in [0, 0.1) is 5.41 Å². The molecule has 132 valence electrons. The zero-order valence-corrected chi connectivity index (χ0v) is 15.0. The molecule has 2 aliphatic heterocycles. The lowest BCUT2D eigenvalue weighted by molar-refractivity contribution is -0.136. The fraction of sp³-hybridized carbons (Fsp3) is 0.588. The van der Waals surface area contributed by atoms with E-state index in [1.807, 2.05) is 35.2 Å². The number of rotatable bonds is 5. The van der Waals surface area contributed by atoms with E-state index in [0.29, 0.717) is 32.7 Å². The third kappa shape index (κ3) is 2.96. The minimum absolute atomic E-state index is 0.0551. The number of carbonyl (C=O) groups excluding carboxylic acids is 1. The Balaban J connectivity index is 1.95. The van der Waals surface area contributed by atoms with Crippen molar-refractivity contribution < 1.29 is 17.9 Å². The van der Waals surface area contributed by atoms with Crippen LogP contribution in [0.3, 0.4) is 0 Å². The summed E-state index contributed by atoms with van der Waals surface area (Å²) in [7, 11) is -1.71. The van der Waals surface area contributed by atoms with E-state index in [4.69, 9.17) is 4.74 Å². The molecule has 2 heterocycles. The highest BCUT2D eigenvalue weighted by Crippen LogP contribution is 2.50. The normalized spacial score (nSPS) is 28.2. The molecule has 0 unspecified atom stereocenters. The molecule has 0 aromatic heterocycles. The molecule has 2 fully saturated rings. The number of ether oxygens (including phenoxy) is 1. The van der Waals surface area contributed by atoms with E-state index in [1.165, 1.54) is 10.6 Å². The predicted octanol–water partition coefficient (Wildman–Crippen LogP) is 0.911. The first-order valence-electron chi connectivity index (χ1n) is 8.17. The fourth-order valence-electron chi connectivity index (χ4n) is 3.97. The number of amides is 1. The van der Waals surface area contributed by atoms with Crippen molar-refractivity contribution in [3.63, 3.8) is 0 Å². The van der Waals surface area contributed by atoms with Gasteiger partial charge in [-0.15, -0.1) is 0 Å². The molecule has 0 radical (unpaired) electrons. The van der Waals surface area contributed by atoms with Crippen LogP contribution in [0.15, 0.2) is 30.3 Å². The third-order valence-corrected chi connectivity index (χ3v) is 6.51. The van der Waals surface area contributed by atoms with Gasteiger partial charge in [-0.1, -0.05) is 30.3 Å². The van der Waals surface area contributed by atoms with Crippen LogP contribution in [-0.4, -0.2) is 69.7 Å². The van der Waals surface area contributed by atoms with Gasteiger partial charge >= 0.3 is 0 Å². The van der Waals surface area contributed by atoms with E-state index >= 15 is 0 Å². The van der Waals surface area contributed by atoms with Crippen LogP contribution in [-0.2, 0) is 19.6 Å². The number of hydrogen-bond acceptors (Lipinski definition) is 4.